The highest BCUT2D eigenvalue weighted by Crippen LogP contribution is 2.90. The first kappa shape index (κ1) is 36.9. The molecule has 7 fully saturated rings. The smallest absolute Gasteiger partial charge is 0.306 e. The van der Waals surface area contributed by atoms with Gasteiger partial charge < -0.3 is 47.0 Å². The molecule has 3 spiro atoms. The molecule has 294 valence electrons. The lowest BCUT2D eigenvalue weighted by Gasteiger charge is -2.77. The molecular formula is C38H46O16. The van der Waals surface area contributed by atoms with E-state index in [9.17, 15) is 28.8 Å². The van der Waals surface area contributed by atoms with Gasteiger partial charge in [0.2, 0.25) is 5.60 Å². The van der Waals surface area contributed by atoms with E-state index < -0.39 is 117 Å². The van der Waals surface area contributed by atoms with Crippen LogP contribution in [0.25, 0.3) is 0 Å². The molecule has 4 aliphatic carbocycles. The highest BCUT2D eigenvalue weighted by atomic mass is 16.9. The number of furan rings is 1. The van der Waals surface area contributed by atoms with E-state index in [1.807, 2.05) is 13.8 Å². The molecule has 54 heavy (non-hydrogen) atoms. The Balaban J connectivity index is 1.53. The van der Waals surface area contributed by atoms with Gasteiger partial charge in [-0.05, 0) is 31.2 Å². The summed E-state index contributed by atoms with van der Waals surface area (Å²) in [7, 11) is 1.23. The summed E-state index contributed by atoms with van der Waals surface area (Å²) in [5.41, 5.74) is -10.8. The van der Waals surface area contributed by atoms with Crippen molar-refractivity contribution in [3.05, 3.63) is 24.2 Å². The second kappa shape index (κ2) is 11.3. The predicted octanol–water partition coefficient (Wildman–Crippen LogP) is 3.37. The van der Waals surface area contributed by atoms with E-state index in [0.29, 0.717) is 5.56 Å². The molecule has 0 amide bonds. The van der Waals surface area contributed by atoms with Crippen molar-refractivity contribution in [3.63, 3.8) is 0 Å². The summed E-state index contributed by atoms with van der Waals surface area (Å²) in [5, 5.41) is 0. The Kier molecular flexibility index (Phi) is 7.71. The minimum absolute atomic E-state index is 0.0663. The van der Waals surface area contributed by atoms with E-state index in [4.69, 9.17) is 47.0 Å². The number of carbonyl (C=O) groups is 6. The van der Waals surface area contributed by atoms with E-state index in [1.165, 1.54) is 40.4 Å². The summed E-state index contributed by atoms with van der Waals surface area (Å²) in [5.74, 6) is -7.86. The van der Waals surface area contributed by atoms with Gasteiger partial charge in [-0.15, -0.1) is 0 Å². The predicted molar refractivity (Wildman–Crippen MR) is 175 cm³/mol. The van der Waals surface area contributed by atoms with Gasteiger partial charge in [-0.2, -0.15) is 0 Å². The van der Waals surface area contributed by atoms with Crippen molar-refractivity contribution in [2.75, 3.05) is 13.7 Å². The zero-order valence-corrected chi connectivity index (χ0v) is 31.6. The standard InChI is InChI=1S/C38H46O16/c1-9-25(42)50-30-37-24(15-26(43)45-8)31(5,28(48-19(2)39)22-10-13-46-16-22)11-12-35(37)34-18-47-27(44)14-23(34)32(6)17-36(34,53-33(7,52-35)54-37)38(30,51-21(4)41)29(32)49-20(3)40/h10,13,16,23-24,28-30H,9,11-12,14-15,17-18H2,1-8H3/t23-,24+,28-,29-,30-,31+,32+,33+,34-,35-,36+,37+,38-/m0/s1. The third kappa shape index (κ3) is 3.99. The van der Waals surface area contributed by atoms with Crippen LogP contribution in [0.15, 0.2) is 23.0 Å². The average Bonchev–Trinajstić information content (AvgIpc) is 3.80. The van der Waals surface area contributed by atoms with Gasteiger partial charge in [0, 0.05) is 62.8 Å². The molecule has 3 aliphatic heterocycles. The van der Waals surface area contributed by atoms with Crippen molar-refractivity contribution in [2.24, 2.45) is 28.1 Å². The third-order valence-corrected chi connectivity index (χ3v) is 14.2. The number of ether oxygens (including phenoxy) is 9. The summed E-state index contributed by atoms with van der Waals surface area (Å²) in [6.07, 6.45) is -1.55. The molecule has 13 atom stereocenters. The Labute approximate surface area is 311 Å². The maximum Gasteiger partial charge on any atom is 0.306 e. The Hall–Kier alpha value is -4.02. The quantitative estimate of drug-likeness (QED) is 0.262. The number of cyclic esters (lactones) is 1. The van der Waals surface area contributed by atoms with Crippen LogP contribution < -0.4 is 0 Å². The number of hydrogen-bond acceptors (Lipinski definition) is 16. The number of fused-ring (bicyclic) bond motifs is 3. The second-order valence-corrected chi connectivity index (χ2v) is 16.7. The molecule has 4 heterocycles. The highest BCUT2D eigenvalue weighted by Gasteiger charge is 3.06. The van der Waals surface area contributed by atoms with Crippen molar-refractivity contribution in [2.45, 2.75) is 134 Å². The number of carbonyl (C=O) groups excluding carboxylic acids is 6. The van der Waals surface area contributed by atoms with E-state index in [0.717, 1.165) is 0 Å². The van der Waals surface area contributed by atoms with E-state index in [2.05, 4.69) is 0 Å². The molecule has 3 saturated heterocycles. The molecule has 1 aromatic rings. The van der Waals surface area contributed by atoms with Gasteiger partial charge in [-0.3, -0.25) is 28.8 Å². The van der Waals surface area contributed by atoms with Crippen molar-refractivity contribution in [1.29, 1.82) is 0 Å². The van der Waals surface area contributed by atoms with Gasteiger partial charge in [0.25, 0.3) is 5.97 Å². The molecule has 4 saturated carbocycles. The first-order valence-electron chi connectivity index (χ1n) is 18.4. The van der Waals surface area contributed by atoms with Crippen LogP contribution in [0.5, 0.6) is 0 Å². The zero-order chi connectivity index (χ0) is 39.1. The fourth-order valence-corrected chi connectivity index (χ4v) is 13.1. The molecule has 1 aromatic heterocycles. The van der Waals surface area contributed by atoms with Crippen LogP contribution in [0.4, 0.5) is 0 Å². The molecule has 8 rings (SSSR count). The molecule has 16 heteroatoms. The summed E-state index contributed by atoms with van der Waals surface area (Å²) in [6.45, 7) is 10.2. The Bertz CT molecular complexity index is 1840. The lowest BCUT2D eigenvalue weighted by Crippen LogP contribution is -2.95. The SMILES string of the molecule is CCC(=O)O[C@@H]1[C@@]2(OC(C)=O)[C@@H](OC(C)=O)[C@]3(C)C[C@]24O[C@]2(C)O[C@]15[C@H](CC(=O)OC)[C@](C)([C@@H](OC(C)=O)c1ccoc1)CC[C@]5(O2)[C@@]41COC(=O)C[C@@H]31. The molecule has 0 N–H and O–H groups in total. The maximum absolute atomic E-state index is 13.9. The Morgan fingerprint density at radius 1 is 0.907 bits per heavy atom. The van der Waals surface area contributed by atoms with E-state index >= 15 is 0 Å². The monoisotopic (exact) mass is 758 g/mol. The molecule has 0 unspecified atom stereocenters. The second-order valence-electron chi connectivity index (χ2n) is 16.7. The summed E-state index contributed by atoms with van der Waals surface area (Å²) in [6, 6.07) is 1.64. The molecule has 4 bridgehead atoms. The van der Waals surface area contributed by atoms with E-state index in [-0.39, 0.29) is 38.7 Å². The lowest BCUT2D eigenvalue weighted by atomic mass is 9.33. The average molecular weight is 759 g/mol. The number of rotatable bonds is 9. The largest absolute Gasteiger partial charge is 0.472 e. The summed E-state index contributed by atoms with van der Waals surface area (Å²) < 4.78 is 64.0. The van der Waals surface area contributed by atoms with Crippen LogP contribution in [0.3, 0.4) is 0 Å². The van der Waals surface area contributed by atoms with Gasteiger partial charge in [-0.25, -0.2) is 0 Å². The number of hydrogen-bond donors (Lipinski definition) is 0. The molecule has 0 aromatic carbocycles. The summed E-state index contributed by atoms with van der Waals surface area (Å²) in [4.78, 5) is 81.0. The fraction of sp³-hybridized carbons (Fsp3) is 0.737. The summed E-state index contributed by atoms with van der Waals surface area (Å²) >= 11 is 0. The molecule has 16 nitrogen and oxygen atoms in total. The van der Waals surface area contributed by atoms with Gasteiger partial charge in [0.05, 0.1) is 31.5 Å². The van der Waals surface area contributed by atoms with Crippen molar-refractivity contribution < 1.29 is 75.8 Å². The van der Waals surface area contributed by atoms with Crippen molar-refractivity contribution in [1.82, 2.24) is 0 Å². The van der Waals surface area contributed by atoms with Gasteiger partial charge in [-0.1, -0.05) is 20.8 Å². The van der Waals surface area contributed by atoms with Crippen LogP contribution in [0.1, 0.15) is 98.7 Å². The minimum Gasteiger partial charge on any atom is -0.472 e. The highest BCUT2D eigenvalue weighted by molar-refractivity contribution is 5.76. The van der Waals surface area contributed by atoms with Crippen LogP contribution in [-0.4, -0.2) is 90.1 Å². The van der Waals surface area contributed by atoms with Crippen LogP contribution in [0, 0.1) is 28.1 Å². The maximum atomic E-state index is 13.9. The lowest BCUT2D eigenvalue weighted by molar-refractivity contribution is -0.485. The van der Waals surface area contributed by atoms with Gasteiger partial charge >= 0.3 is 35.8 Å². The van der Waals surface area contributed by atoms with Gasteiger partial charge in [0.15, 0.2) is 12.2 Å². The van der Waals surface area contributed by atoms with Crippen LogP contribution in [0.2, 0.25) is 0 Å². The minimum atomic E-state index is -2.16. The molecular weight excluding hydrogens is 712 g/mol. The Morgan fingerprint density at radius 3 is 2.24 bits per heavy atom. The molecule has 0 radical (unpaired) electrons. The number of esters is 6. The zero-order valence-electron chi connectivity index (χ0n) is 31.6. The van der Waals surface area contributed by atoms with Crippen molar-refractivity contribution >= 4 is 35.8 Å². The van der Waals surface area contributed by atoms with Crippen LogP contribution >= 0.6 is 0 Å². The first-order chi connectivity index (χ1) is 25.3. The third-order valence-electron chi connectivity index (χ3n) is 14.2. The first-order valence-corrected chi connectivity index (χ1v) is 18.4. The van der Waals surface area contributed by atoms with E-state index in [1.54, 1.807) is 19.9 Å². The number of methoxy groups -OCH3 is 1. The van der Waals surface area contributed by atoms with Crippen molar-refractivity contribution in [3.8, 4) is 0 Å². The Morgan fingerprint density at radius 2 is 1.63 bits per heavy atom. The fourth-order valence-electron chi connectivity index (χ4n) is 13.1. The molecule has 7 aliphatic rings. The topological polar surface area (TPSA) is 199 Å². The van der Waals surface area contributed by atoms with Gasteiger partial charge in [0.1, 0.15) is 29.5 Å². The normalized spacial score (nSPS) is 46.4. The van der Waals surface area contributed by atoms with Crippen LogP contribution in [-0.2, 0) is 71.4 Å².